The Morgan fingerprint density at radius 1 is 0.771 bits per heavy atom. The molecule has 1 aliphatic heterocycles. The van der Waals surface area contributed by atoms with E-state index in [1.165, 1.54) is 9.47 Å². The SMILES string of the molecule is O=C(CC[C@H]1C(=O)n2c(cc3ccccc32)N1C(=O)OCc1ccccc1)OCc1ccccc1. The van der Waals surface area contributed by atoms with E-state index >= 15 is 0 Å². The van der Waals surface area contributed by atoms with Gasteiger partial charge in [0.15, 0.2) is 0 Å². The molecule has 0 N–H and O–H groups in total. The van der Waals surface area contributed by atoms with Gasteiger partial charge in [-0.2, -0.15) is 0 Å². The van der Waals surface area contributed by atoms with Crippen LogP contribution in [-0.2, 0) is 27.5 Å². The Morgan fingerprint density at radius 3 is 2.06 bits per heavy atom. The molecule has 35 heavy (non-hydrogen) atoms. The lowest BCUT2D eigenvalue weighted by molar-refractivity contribution is -0.145. The van der Waals surface area contributed by atoms with Crippen LogP contribution in [0.2, 0.25) is 0 Å². The molecule has 176 valence electrons. The molecule has 0 radical (unpaired) electrons. The first kappa shape index (κ1) is 22.4. The van der Waals surface area contributed by atoms with E-state index in [0.717, 1.165) is 16.5 Å². The summed E-state index contributed by atoms with van der Waals surface area (Å²) in [6.07, 6.45) is -0.511. The van der Waals surface area contributed by atoms with Crippen molar-refractivity contribution in [3.63, 3.8) is 0 Å². The molecule has 5 rings (SSSR count). The summed E-state index contributed by atoms with van der Waals surface area (Å²) in [7, 11) is 0. The molecular formula is C28H24N2O5. The van der Waals surface area contributed by atoms with Crippen LogP contribution in [0.4, 0.5) is 10.6 Å². The molecule has 1 amide bonds. The van der Waals surface area contributed by atoms with Gasteiger partial charge >= 0.3 is 12.1 Å². The van der Waals surface area contributed by atoms with Gasteiger partial charge in [0, 0.05) is 11.8 Å². The Hall–Kier alpha value is -4.39. The number of benzene rings is 3. The summed E-state index contributed by atoms with van der Waals surface area (Å²) < 4.78 is 12.4. The molecule has 1 aromatic heterocycles. The fourth-order valence-corrected chi connectivity index (χ4v) is 4.30. The second-order valence-electron chi connectivity index (χ2n) is 8.35. The van der Waals surface area contributed by atoms with E-state index in [1.54, 1.807) is 6.07 Å². The minimum Gasteiger partial charge on any atom is -0.461 e. The van der Waals surface area contributed by atoms with Crippen molar-refractivity contribution in [2.75, 3.05) is 4.90 Å². The predicted octanol–water partition coefficient (Wildman–Crippen LogP) is 5.33. The number of hydrogen-bond donors (Lipinski definition) is 0. The fraction of sp³-hybridized carbons (Fsp3) is 0.179. The van der Waals surface area contributed by atoms with Crippen LogP contribution in [0.5, 0.6) is 0 Å². The highest BCUT2D eigenvalue weighted by Crippen LogP contribution is 2.36. The summed E-state index contributed by atoms with van der Waals surface area (Å²) in [5.74, 6) is -0.258. The second-order valence-corrected chi connectivity index (χ2v) is 8.35. The van der Waals surface area contributed by atoms with Crippen LogP contribution in [0.25, 0.3) is 10.9 Å². The largest absolute Gasteiger partial charge is 0.461 e. The molecule has 0 aliphatic carbocycles. The average Bonchev–Trinajstić information content (AvgIpc) is 3.40. The maximum atomic E-state index is 13.4. The topological polar surface area (TPSA) is 77.8 Å². The number of nitrogens with zero attached hydrogens (tertiary/aromatic N) is 2. The third-order valence-electron chi connectivity index (χ3n) is 6.02. The smallest absolute Gasteiger partial charge is 0.416 e. The van der Waals surface area contributed by atoms with E-state index < -0.39 is 18.1 Å². The summed E-state index contributed by atoms with van der Waals surface area (Å²) in [5, 5.41) is 0.845. The summed E-state index contributed by atoms with van der Waals surface area (Å²) in [6, 6.07) is 27.1. The third kappa shape index (κ3) is 4.66. The zero-order valence-electron chi connectivity index (χ0n) is 19.0. The van der Waals surface area contributed by atoms with Crippen molar-refractivity contribution in [3.05, 3.63) is 102 Å². The van der Waals surface area contributed by atoms with E-state index in [0.29, 0.717) is 11.3 Å². The van der Waals surface area contributed by atoms with E-state index in [-0.39, 0.29) is 32.0 Å². The van der Waals surface area contributed by atoms with Crippen molar-refractivity contribution in [3.8, 4) is 0 Å². The minimum atomic E-state index is -0.859. The number of rotatable bonds is 7. The molecule has 0 saturated heterocycles. The number of hydrogen-bond acceptors (Lipinski definition) is 5. The van der Waals surface area contributed by atoms with Crippen LogP contribution in [-0.4, -0.2) is 28.6 Å². The van der Waals surface area contributed by atoms with Crippen molar-refractivity contribution in [2.45, 2.75) is 32.1 Å². The highest BCUT2D eigenvalue weighted by atomic mass is 16.6. The average molecular weight is 469 g/mol. The third-order valence-corrected chi connectivity index (χ3v) is 6.02. The Labute approximate surface area is 202 Å². The van der Waals surface area contributed by atoms with Crippen LogP contribution in [0, 0.1) is 0 Å². The molecule has 0 spiro atoms. The van der Waals surface area contributed by atoms with Gasteiger partial charge in [0.05, 0.1) is 5.52 Å². The van der Waals surface area contributed by atoms with Gasteiger partial charge in [0.2, 0.25) is 0 Å². The Kier molecular flexibility index (Phi) is 6.30. The summed E-state index contributed by atoms with van der Waals surface area (Å²) >= 11 is 0. The molecule has 0 saturated carbocycles. The predicted molar refractivity (Wildman–Crippen MR) is 131 cm³/mol. The van der Waals surface area contributed by atoms with E-state index in [1.807, 2.05) is 84.9 Å². The molecule has 2 heterocycles. The number of carbonyl (C=O) groups excluding carboxylic acids is 3. The normalized spacial score (nSPS) is 14.7. The molecule has 0 fully saturated rings. The number of para-hydroxylation sites is 1. The first-order valence-electron chi connectivity index (χ1n) is 11.5. The van der Waals surface area contributed by atoms with Crippen molar-refractivity contribution < 1.29 is 23.9 Å². The first-order valence-corrected chi connectivity index (χ1v) is 11.5. The van der Waals surface area contributed by atoms with Crippen molar-refractivity contribution in [1.82, 2.24) is 4.57 Å². The highest BCUT2D eigenvalue weighted by Gasteiger charge is 2.43. The molecule has 0 bridgehead atoms. The molecule has 4 aromatic rings. The van der Waals surface area contributed by atoms with Crippen molar-refractivity contribution in [1.29, 1.82) is 0 Å². The van der Waals surface area contributed by atoms with Crippen LogP contribution in [0.1, 0.15) is 28.8 Å². The van der Waals surface area contributed by atoms with Gasteiger partial charge in [0.1, 0.15) is 25.1 Å². The molecule has 7 nitrogen and oxygen atoms in total. The van der Waals surface area contributed by atoms with Gasteiger partial charge in [-0.15, -0.1) is 0 Å². The molecule has 1 aliphatic rings. The van der Waals surface area contributed by atoms with Gasteiger partial charge in [-0.05, 0) is 29.7 Å². The number of anilines is 1. The molecule has 3 aromatic carbocycles. The first-order chi connectivity index (χ1) is 17.1. The number of fused-ring (bicyclic) bond motifs is 3. The number of amides is 1. The molecule has 1 atom stereocenters. The van der Waals surface area contributed by atoms with Crippen LogP contribution in [0.15, 0.2) is 91.0 Å². The number of aromatic nitrogens is 1. The van der Waals surface area contributed by atoms with E-state index in [9.17, 15) is 14.4 Å². The quantitative estimate of drug-likeness (QED) is 0.343. The molecule has 7 heteroatoms. The van der Waals surface area contributed by atoms with Gasteiger partial charge < -0.3 is 9.47 Å². The maximum absolute atomic E-state index is 13.4. The molecule has 0 unspecified atom stereocenters. The van der Waals surface area contributed by atoms with Gasteiger partial charge in [-0.3, -0.25) is 14.2 Å². The van der Waals surface area contributed by atoms with E-state index in [2.05, 4.69) is 0 Å². The number of ether oxygens (including phenoxy) is 2. The van der Waals surface area contributed by atoms with Crippen LogP contribution >= 0.6 is 0 Å². The van der Waals surface area contributed by atoms with Crippen LogP contribution in [0.3, 0.4) is 0 Å². The highest BCUT2D eigenvalue weighted by molar-refractivity contribution is 6.11. The zero-order valence-corrected chi connectivity index (χ0v) is 19.0. The Balaban J connectivity index is 1.33. The monoisotopic (exact) mass is 468 g/mol. The number of carbonyl (C=O) groups is 3. The lowest BCUT2D eigenvalue weighted by atomic mass is 10.1. The van der Waals surface area contributed by atoms with Crippen molar-refractivity contribution >= 4 is 34.7 Å². The number of esters is 1. The fourth-order valence-electron chi connectivity index (χ4n) is 4.30. The van der Waals surface area contributed by atoms with E-state index in [4.69, 9.17) is 9.47 Å². The Bertz CT molecular complexity index is 1360. The summed E-state index contributed by atoms with van der Waals surface area (Å²) in [4.78, 5) is 40.4. The van der Waals surface area contributed by atoms with Gasteiger partial charge in [-0.1, -0.05) is 78.9 Å². The van der Waals surface area contributed by atoms with Gasteiger partial charge in [0.25, 0.3) is 5.91 Å². The summed E-state index contributed by atoms with van der Waals surface area (Å²) in [6.45, 7) is 0.238. The standard InChI is InChI=1S/C28H24N2O5/c31-26(34-18-20-9-3-1-4-10-20)16-15-24-27(32)29-23-14-8-7-13-22(23)17-25(29)30(24)28(33)35-19-21-11-5-2-6-12-21/h1-14,17,24H,15-16,18-19H2/t24-/m0/s1. The lowest BCUT2D eigenvalue weighted by Gasteiger charge is -2.22. The second kappa shape index (κ2) is 9.85. The molecular weight excluding hydrogens is 444 g/mol. The zero-order chi connectivity index (χ0) is 24.2. The lowest BCUT2D eigenvalue weighted by Crippen LogP contribution is -2.41. The maximum Gasteiger partial charge on any atom is 0.416 e. The Morgan fingerprint density at radius 2 is 1.37 bits per heavy atom. The summed E-state index contributed by atoms with van der Waals surface area (Å²) in [5.41, 5.74) is 2.43. The minimum absolute atomic E-state index is 0.00548. The van der Waals surface area contributed by atoms with Crippen molar-refractivity contribution in [2.24, 2.45) is 0 Å². The van der Waals surface area contributed by atoms with Gasteiger partial charge in [-0.25, -0.2) is 9.69 Å². The van der Waals surface area contributed by atoms with Crippen LogP contribution < -0.4 is 4.90 Å².